The fraction of sp³-hybridized carbons (Fsp3) is 0.600. The number of carbonyl (C=O) groups excluding carboxylic acids is 1. The van der Waals surface area contributed by atoms with E-state index in [1.165, 1.54) is 4.90 Å². The number of carboxylic acid groups (broad SMARTS) is 1. The van der Waals surface area contributed by atoms with Crippen LogP contribution in [-0.2, 0) is 4.79 Å². The third-order valence-corrected chi connectivity index (χ3v) is 4.10. The standard InChI is InChI=1S/C15H21N3O3/c1-9-8-11(10(2)17-16-9)13(19)18-7-5-6-15(3,4)12(18)14(20)21/h8,12H,5-7H2,1-4H3,(H,20,21). The number of aromatic nitrogens is 2. The third-order valence-electron chi connectivity index (χ3n) is 4.10. The molecule has 114 valence electrons. The van der Waals surface area contributed by atoms with Crippen LogP contribution in [0.2, 0.25) is 0 Å². The van der Waals surface area contributed by atoms with Gasteiger partial charge < -0.3 is 10.0 Å². The van der Waals surface area contributed by atoms with Crippen LogP contribution in [-0.4, -0.2) is 44.7 Å². The Kier molecular flexibility index (Phi) is 3.98. The molecule has 1 aliphatic rings. The molecule has 0 spiro atoms. The molecule has 1 atom stereocenters. The highest BCUT2D eigenvalue weighted by Gasteiger charge is 2.44. The Morgan fingerprint density at radius 3 is 2.62 bits per heavy atom. The summed E-state index contributed by atoms with van der Waals surface area (Å²) in [5, 5.41) is 17.4. The number of carboxylic acids is 1. The summed E-state index contributed by atoms with van der Waals surface area (Å²) in [6.07, 6.45) is 1.60. The monoisotopic (exact) mass is 291 g/mol. The molecule has 1 aliphatic heterocycles. The zero-order valence-corrected chi connectivity index (χ0v) is 12.9. The second kappa shape index (κ2) is 5.42. The molecular weight excluding hydrogens is 270 g/mol. The van der Waals surface area contributed by atoms with E-state index in [0.29, 0.717) is 23.5 Å². The zero-order valence-electron chi connectivity index (χ0n) is 12.9. The van der Waals surface area contributed by atoms with Crippen molar-refractivity contribution in [1.82, 2.24) is 15.1 Å². The smallest absolute Gasteiger partial charge is 0.326 e. The van der Waals surface area contributed by atoms with Crippen molar-refractivity contribution in [1.29, 1.82) is 0 Å². The predicted molar refractivity (Wildman–Crippen MR) is 77.0 cm³/mol. The molecule has 0 saturated carbocycles. The van der Waals surface area contributed by atoms with E-state index in [9.17, 15) is 14.7 Å². The summed E-state index contributed by atoms with van der Waals surface area (Å²) in [5.74, 6) is -1.23. The molecule has 0 radical (unpaired) electrons. The van der Waals surface area contributed by atoms with Gasteiger partial charge in [-0.15, -0.1) is 0 Å². The lowest BCUT2D eigenvalue weighted by atomic mass is 9.76. The Labute approximate surface area is 124 Å². The number of aryl methyl sites for hydroxylation is 2. The van der Waals surface area contributed by atoms with Crippen LogP contribution in [0.4, 0.5) is 0 Å². The van der Waals surface area contributed by atoms with Gasteiger partial charge in [-0.25, -0.2) is 4.79 Å². The van der Waals surface area contributed by atoms with Crippen molar-refractivity contribution in [3.05, 3.63) is 23.0 Å². The first-order chi connectivity index (χ1) is 9.74. The summed E-state index contributed by atoms with van der Waals surface area (Å²) < 4.78 is 0. The Morgan fingerprint density at radius 1 is 1.33 bits per heavy atom. The van der Waals surface area contributed by atoms with Gasteiger partial charge in [0.1, 0.15) is 6.04 Å². The summed E-state index contributed by atoms with van der Waals surface area (Å²) >= 11 is 0. The van der Waals surface area contributed by atoms with E-state index in [4.69, 9.17) is 0 Å². The third kappa shape index (κ3) is 2.89. The number of hydrogen-bond acceptors (Lipinski definition) is 4. The lowest BCUT2D eigenvalue weighted by Gasteiger charge is -2.44. The molecule has 21 heavy (non-hydrogen) atoms. The average molecular weight is 291 g/mol. The molecule has 1 N–H and O–H groups in total. The van der Waals surface area contributed by atoms with Crippen LogP contribution < -0.4 is 0 Å². The van der Waals surface area contributed by atoms with Crippen molar-refractivity contribution >= 4 is 11.9 Å². The molecule has 0 aliphatic carbocycles. The predicted octanol–water partition coefficient (Wildman–Crippen LogP) is 1.81. The number of aliphatic carboxylic acids is 1. The SMILES string of the molecule is Cc1cc(C(=O)N2CCCC(C)(C)C2C(=O)O)c(C)nn1. The number of likely N-dealkylation sites (tertiary alicyclic amines) is 1. The fourth-order valence-corrected chi connectivity index (χ4v) is 3.00. The van der Waals surface area contributed by atoms with Gasteiger partial charge in [0.05, 0.1) is 17.0 Å². The van der Waals surface area contributed by atoms with Crippen LogP contribution in [0.15, 0.2) is 6.07 Å². The van der Waals surface area contributed by atoms with E-state index in [1.54, 1.807) is 19.9 Å². The Balaban J connectivity index is 2.41. The van der Waals surface area contributed by atoms with E-state index in [0.717, 1.165) is 12.8 Å². The summed E-state index contributed by atoms with van der Waals surface area (Å²) in [6.45, 7) is 7.73. The molecule has 2 rings (SSSR count). The lowest BCUT2D eigenvalue weighted by molar-refractivity contribution is -0.148. The molecule has 1 fully saturated rings. The number of hydrogen-bond donors (Lipinski definition) is 1. The minimum absolute atomic E-state index is 0.273. The summed E-state index contributed by atoms with van der Waals surface area (Å²) in [5.41, 5.74) is 1.17. The number of amides is 1. The average Bonchev–Trinajstić information content (AvgIpc) is 2.38. The molecule has 1 aromatic heterocycles. The van der Waals surface area contributed by atoms with Gasteiger partial charge >= 0.3 is 5.97 Å². The molecule has 1 unspecified atom stereocenters. The Hall–Kier alpha value is -1.98. The normalized spacial score (nSPS) is 21.1. The van der Waals surface area contributed by atoms with Gasteiger partial charge in [0.15, 0.2) is 0 Å². The lowest BCUT2D eigenvalue weighted by Crippen LogP contribution is -2.56. The van der Waals surface area contributed by atoms with Gasteiger partial charge in [0.2, 0.25) is 0 Å². The van der Waals surface area contributed by atoms with Gasteiger partial charge in [-0.3, -0.25) is 4.79 Å². The van der Waals surface area contributed by atoms with Crippen molar-refractivity contribution in [3.63, 3.8) is 0 Å². The Bertz CT molecular complexity index is 584. The van der Waals surface area contributed by atoms with E-state index in [2.05, 4.69) is 10.2 Å². The van der Waals surface area contributed by atoms with E-state index < -0.39 is 17.4 Å². The van der Waals surface area contributed by atoms with Crippen molar-refractivity contribution in [3.8, 4) is 0 Å². The fourth-order valence-electron chi connectivity index (χ4n) is 3.00. The van der Waals surface area contributed by atoms with Crippen molar-refractivity contribution < 1.29 is 14.7 Å². The van der Waals surface area contributed by atoms with Crippen LogP contribution in [0, 0.1) is 19.3 Å². The maximum atomic E-state index is 12.8. The molecular formula is C15H21N3O3. The highest BCUT2D eigenvalue weighted by atomic mass is 16.4. The van der Waals surface area contributed by atoms with E-state index >= 15 is 0 Å². The minimum atomic E-state index is -0.954. The largest absolute Gasteiger partial charge is 0.480 e. The molecule has 0 bridgehead atoms. The highest BCUT2D eigenvalue weighted by Crippen LogP contribution is 2.36. The van der Waals surface area contributed by atoms with Gasteiger partial charge in [0.25, 0.3) is 5.91 Å². The first-order valence-electron chi connectivity index (χ1n) is 7.09. The molecule has 1 aromatic rings. The topological polar surface area (TPSA) is 83.4 Å². The summed E-state index contributed by atoms with van der Waals surface area (Å²) in [7, 11) is 0. The van der Waals surface area contributed by atoms with Crippen LogP contribution in [0.1, 0.15) is 48.4 Å². The summed E-state index contributed by atoms with van der Waals surface area (Å²) in [6, 6.07) is 0.858. The maximum absolute atomic E-state index is 12.8. The first kappa shape index (κ1) is 15.4. The van der Waals surface area contributed by atoms with Gasteiger partial charge in [0, 0.05) is 6.54 Å². The number of rotatable bonds is 2. The van der Waals surface area contributed by atoms with Crippen molar-refractivity contribution in [2.75, 3.05) is 6.54 Å². The summed E-state index contributed by atoms with van der Waals surface area (Å²) in [4.78, 5) is 25.9. The number of carbonyl (C=O) groups is 2. The quantitative estimate of drug-likeness (QED) is 0.898. The van der Waals surface area contributed by atoms with Gasteiger partial charge in [-0.1, -0.05) is 13.8 Å². The van der Waals surface area contributed by atoms with Crippen molar-refractivity contribution in [2.24, 2.45) is 5.41 Å². The molecule has 0 aromatic carbocycles. The number of nitrogens with zero attached hydrogens (tertiary/aromatic N) is 3. The second-order valence-corrected chi connectivity index (χ2v) is 6.32. The van der Waals surface area contributed by atoms with Crippen LogP contribution in [0.3, 0.4) is 0 Å². The van der Waals surface area contributed by atoms with Crippen LogP contribution >= 0.6 is 0 Å². The molecule has 1 saturated heterocycles. The van der Waals surface area contributed by atoms with Crippen LogP contribution in [0.25, 0.3) is 0 Å². The van der Waals surface area contributed by atoms with E-state index in [1.807, 2.05) is 13.8 Å². The molecule has 2 heterocycles. The zero-order chi connectivity index (χ0) is 15.8. The van der Waals surface area contributed by atoms with Crippen molar-refractivity contribution in [2.45, 2.75) is 46.6 Å². The van der Waals surface area contributed by atoms with Crippen LogP contribution in [0.5, 0.6) is 0 Å². The molecule has 6 nitrogen and oxygen atoms in total. The molecule has 1 amide bonds. The highest BCUT2D eigenvalue weighted by molar-refractivity contribution is 5.97. The second-order valence-electron chi connectivity index (χ2n) is 6.32. The maximum Gasteiger partial charge on any atom is 0.326 e. The molecule has 6 heteroatoms. The van der Waals surface area contributed by atoms with E-state index in [-0.39, 0.29) is 5.91 Å². The Morgan fingerprint density at radius 2 is 2.00 bits per heavy atom. The number of piperidine rings is 1. The van der Waals surface area contributed by atoms with Gasteiger partial charge in [-0.2, -0.15) is 10.2 Å². The first-order valence-corrected chi connectivity index (χ1v) is 7.09. The minimum Gasteiger partial charge on any atom is -0.480 e. The van der Waals surface area contributed by atoms with Gasteiger partial charge in [-0.05, 0) is 38.2 Å².